The summed E-state index contributed by atoms with van der Waals surface area (Å²) in [6.45, 7) is 7.82. The van der Waals surface area contributed by atoms with E-state index in [-0.39, 0.29) is 30.4 Å². The number of methoxy groups -OCH3 is 2. The maximum Gasteiger partial charge on any atom is 0.310 e. The van der Waals surface area contributed by atoms with Gasteiger partial charge in [-0.1, -0.05) is 23.8 Å². The van der Waals surface area contributed by atoms with Gasteiger partial charge in [-0.05, 0) is 63.4 Å². The lowest BCUT2D eigenvalue weighted by atomic mass is 9.93. The summed E-state index contributed by atoms with van der Waals surface area (Å²) in [4.78, 5) is 28.1. The molecule has 0 saturated carbocycles. The highest BCUT2D eigenvalue weighted by Gasteiger charge is 2.36. The molecule has 0 unspecified atom stereocenters. The molecule has 0 bridgehead atoms. The summed E-state index contributed by atoms with van der Waals surface area (Å²) in [6, 6.07) is 11.7. The zero-order chi connectivity index (χ0) is 26.5. The largest absolute Gasteiger partial charge is 0.497 e. The van der Waals surface area contributed by atoms with E-state index in [4.69, 9.17) is 19.3 Å². The molecule has 1 saturated heterocycles. The number of aryl methyl sites for hydroxylation is 2. The maximum atomic E-state index is 13.7. The van der Waals surface area contributed by atoms with Gasteiger partial charge in [0, 0.05) is 24.6 Å². The number of hydrogen-bond donors (Lipinski definition) is 0. The van der Waals surface area contributed by atoms with Gasteiger partial charge in [0.1, 0.15) is 11.5 Å². The van der Waals surface area contributed by atoms with Crippen molar-refractivity contribution in [1.82, 2.24) is 9.91 Å². The molecule has 2 aliphatic heterocycles. The Morgan fingerprint density at radius 1 is 1.08 bits per heavy atom. The molecule has 2 aromatic rings. The van der Waals surface area contributed by atoms with E-state index in [1.165, 1.54) is 5.56 Å². The van der Waals surface area contributed by atoms with Crippen molar-refractivity contribution >= 4 is 17.6 Å². The van der Waals surface area contributed by atoms with Gasteiger partial charge in [0.05, 0.1) is 45.0 Å². The van der Waals surface area contributed by atoms with Crippen molar-refractivity contribution in [1.29, 1.82) is 0 Å². The van der Waals surface area contributed by atoms with Crippen LogP contribution >= 0.6 is 0 Å². The lowest BCUT2D eigenvalue weighted by Gasteiger charge is -2.32. The molecule has 0 N–H and O–H groups in total. The molecule has 2 aromatic carbocycles. The minimum Gasteiger partial charge on any atom is -0.497 e. The molecular formula is C29H37N3O5. The van der Waals surface area contributed by atoms with Crippen molar-refractivity contribution in [2.45, 2.75) is 46.1 Å². The third kappa shape index (κ3) is 5.96. The fraction of sp³-hybridized carbons (Fsp3) is 0.483. The molecule has 8 heteroatoms. The number of nitrogens with zero attached hydrogens (tertiary/aromatic N) is 3. The fourth-order valence-corrected chi connectivity index (χ4v) is 5.30. The molecule has 2 heterocycles. The van der Waals surface area contributed by atoms with Crippen molar-refractivity contribution in [3.63, 3.8) is 0 Å². The number of ether oxygens (including phenoxy) is 3. The van der Waals surface area contributed by atoms with Crippen molar-refractivity contribution in [3.8, 4) is 11.5 Å². The second kappa shape index (κ2) is 11.8. The van der Waals surface area contributed by atoms with Crippen LogP contribution in [0.4, 0.5) is 0 Å². The first-order valence-electron chi connectivity index (χ1n) is 12.9. The number of likely N-dealkylation sites (tertiary alicyclic amines) is 1. The number of benzene rings is 2. The second-order valence-corrected chi connectivity index (χ2v) is 9.76. The first-order valence-corrected chi connectivity index (χ1v) is 12.9. The Morgan fingerprint density at radius 2 is 1.89 bits per heavy atom. The second-order valence-electron chi connectivity index (χ2n) is 9.76. The summed E-state index contributed by atoms with van der Waals surface area (Å²) in [5.41, 5.74) is 5.01. The topological polar surface area (TPSA) is 80.7 Å². The van der Waals surface area contributed by atoms with Crippen LogP contribution in [0.15, 0.2) is 41.5 Å². The molecule has 8 nitrogen and oxygen atoms in total. The highest BCUT2D eigenvalue weighted by molar-refractivity contribution is 6.05. The van der Waals surface area contributed by atoms with Gasteiger partial charge in [-0.25, -0.2) is 5.01 Å². The number of piperidine rings is 1. The van der Waals surface area contributed by atoms with E-state index in [1.807, 2.05) is 30.0 Å². The summed E-state index contributed by atoms with van der Waals surface area (Å²) < 4.78 is 16.2. The van der Waals surface area contributed by atoms with E-state index >= 15 is 0 Å². The maximum absolute atomic E-state index is 13.7. The van der Waals surface area contributed by atoms with Gasteiger partial charge in [-0.3, -0.25) is 14.5 Å². The Labute approximate surface area is 219 Å². The molecule has 2 aliphatic rings. The van der Waals surface area contributed by atoms with Crippen LogP contribution in [0.5, 0.6) is 11.5 Å². The van der Waals surface area contributed by atoms with Gasteiger partial charge in [-0.2, -0.15) is 5.10 Å². The Morgan fingerprint density at radius 3 is 2.59 bits per heavy atom. The average molecular weight is 508 g/mol. The Balaban J connectivity index is 1.62. The zero-order valence-corrected chi connectivity index (χ0v) is 22.5. The molecule has 37 heavy (non-hydrogen) atoms. The molecular weight excluding hydrogens is 470 g/mol. The monoisotopic (exact) mass is 507 g/mol. The first kappa shape index (κ1) is 26.7. The Bertz CT molecular complexity index is 1180. The standard InChI is InChI=1S/C29H37N3O5/c1-6-37-29(34)21-8-7-13-31(17-21)18-28(33)32-26(23-11-9-19(2)14-20(23)3)16-25(30-32)24-12-10-22(35-4)15-27(24)36-5/h9-12,14-15,21,26H,6-8,13,16-18H2,1-5H3/t21-,26+/m1/s1. The molecule has 4 rings (SSSR count). The first-order chi connectivity index (χ1) is 17.8. The molecule has 0 spiro atoms. The molecule has 1 amide bonds. The highest BCUT2D eigenvalue weighted by Crippen LogP contribution is 2.37. The molecule has 0 aliphatic carbocycles. The van der Waals surface area contributed by atoms with Gasteiger partial charge in [0.15, 0.2) is 0 Å². The van der Waals surface area contributed by atoms with E-state index in [0.717, 1.165) is 41.8 Å². The Kier molecular flexibility index (Phi) is 8.48. The smallest absolute Gasteiger partial charge is 0.310 e. The van der Waals surface area contributed by atoms with Crippen LogP contribution in [-0.4, -0.2) is 68.0 Å². The van der Waals surface area contributed by atoms with Crippen LogP contribution < -0.4 is 9.47 Å². The van der Waals surface area contributed by atoms with Gasteiger partial charge in [0.25, 0.3) is 5.91 Å². The Hall–Kier alpha value is -3.39. The SMILES string of the molecule is CCOC(=O)[C@@H]1CCCN(CC(=O)N2N=C(c3ccc(OC)cc3OC)C[C@H]2c2ccc(C)cc2C)C1. The number of carbonyl (C=O) groups excluding carboxylic acids is 2. The third-order valence-electron chi connectivity index (χ3n) is 7.15. The summed E-state index contributed by atoms with van der Waals surface area (Å²) in [7, 11) is 3.24. The van der Waals surface area contributed by atoms with Crippen molar-refractivity contribution < 1.29 is 23.8 Å². The quantitative estimate of drug-likeness (QED) is 0.497. The van der Waals surface area contributed by atoms with E-state index in [0.29, 0.717) is 31.1 Å². The van der Waals surface area contributed by atoms with E-state index in [9.17, 15) is 9.59 Å². The lowest BCUT2D eigenvalue weighted by molar-refractivity contribution is -0.150. The minimum absolute atomic E-state index is 0.0861. The molecule has 0 radical (unpaired) electrons. The van der Waals surface area contributed by atoms with Crippen LogP contribution in [0.3, 0.4) is 0 Å². The van der Waals surface area contributed by atoms with Crippen molar-refractivity contribution in [2.75, 3.05) is 40.5 Å². The average Bonchev–Trinajstić information content (AvgIpc) is 3.33. The van der Waals surface area contributed by atoms with Gasteiger partial charge >= 0.3 is 5.97 Å². The molecule has 0 aromatic heterocycles. The van der Waals surface area contributed by atoms with E-state index < -0.39 is 0 Å². The van der Waals surface area contributed by atoms with Crippen LogP contribution in [0, 0.1) is 19.8 Å². The summed E-state index contributed by atoms with van der Waals surface area (Å²) in [5, 5.41) is 6.48. The van der Waals surface area contributed by atoms with Gasteiger partial charge in [-0.15, -0.1) is 0 Å². The van der Waals surface area contributed by atoms with Gasteiger partial charge < -0.3 is 14.2 Å². The van der Waals surface area contributed by atoms with Crippen LogP contribution in [0.1, 0.15) is 54.5 Å². The van der Waals surface area contributed by atoms with Crippen LogP contribution in [0.25, 0.3) is 0 Å². The summed E-state index contributed by atoms with van der Waals surface area (Å²) in [6.07, 6.45) is 2.22. The number of hydrogen-bond acceptors (Lipinski definition) is 7. The number of carbonyl (C=O) groups is 2. The number of esters is 1. The third-order valence-corrected chi connectivity index (χ3v) is 7.15. The minimum atomic E-state index is -0.222. The predicted octanol–water partition coefficient (Wildman–Crippen LogP) is 4.27. The molecule has 1 fully saturated rings. The van der Waals surface area contributed by atoms with Crippen LogP contribution in [-0.2, 0) is 14.3 Å². The van der Waals surface area contributed by atoms with E-state index in [1.54, 1.807) is 19.2 Å². The zero-order valence-electron chi connectivity index (χ0n) is 22.5. The fourth-order valence-electron chi connectivity index (χ4n) is 5.30. The number of amides is 1. The van der Waals surface area contributed by atoms with E-state index in [2.05, 4.69) is 32.0 Å². The van der Waals surface area contributed by atoms with Gasteiger partial charge in [0.2, 0.25) is 0 Å². The predicted molar refractivity (Wildman–Crippen MR) is 142 cm³/mol. The van der Waals surface area contributed by atoms with Crippen molar-refractivity contribution in [2.24, 2.45) is 11.0 Å². The lowest BCUT2D eigenvalue weighted by Crippen LogP contribution is -2.44. The summed E-state index contributed by atoms with van der Waals surface area (Å²) >= 11 is 0. The van der Waals surface area contributed by atoms with Crippen molar-refractivity contribution in [3.05, 3.63) is 58.7 Å². The highest BCUT2D eigenvalue weighted by atomic mass is 16.5. The number of rotatable bonds is 8. The normalized spacial score (nSPS) is 19.9. The molecule has 198 valence electrons. The summed E-state index contributed by atoms with van der Waals surface area (Å²) in [5.74, 6) is 0.884. The van der Waals surface area contributed by atoms with Crippen LogP contribution in [0.2, 0.25) is 0 Å². The molecule has 2 atom stereocenters. The number of hydrazone groups is 1.